The van der Waals surface area contributed by atoms with Crippen molar-refractivity contribution >= 4 is 5.91 Å². The number of nitrogens with one attached hydrogen (secondary N) is 1. The summed E-state index contributed by atoms with van der Waals surface area (Å²) in [4.78, 5) is 14.7. The SMILES string of the molecule is CC(C)CC(NC(=O)c1ccco1)c1nnc2n1CCN(Cc1ccc(F)cc1F)CC2. The molecule has 0 bridgehead atoms. The third-order valence-electron chi connectivity index (χ3n) is 5.63. The van der Waals surface area contributed by atoms with Gasteiger partial charge in [-0.2, -0.15) is 0 Å². The van der Waals surface area contributed by atoms with E-state index in [1.807, 2.05) is 0 Å². The number of furan rings is 1. The van der Waals surface area contributed by atoms with E-state index in [9.17, 15) is 13.6 Å². The average molecular weight is 443 g/mol. The van der Waals surface area contributed by atoms with Crippen LogP contribution < -0.4 is 5.32 Å². The summed E-state index contributed by atoms with van der Waals surface area (Å²) in [5.74, 6) is 0.722. The summed E-state index contributed by atoms with van der Waals surface area (Å²) in [6.07, 6.45) is 2.82. The highest BCUT2D eigenvalue weighted by Gasteiger charge is 2.27. The van der Waals surface area contributed by atoms with Gasteiger partial charge in [0.25, 0.3) is 5.91 Å². The molecule has 0 radical (unpaired) electrons. The number of fused-ring (bicyclic) bond motifs is 1. The van der Waals surface area contributed by atoms with Gasteiger partial charge in [0.1, 0.15) is 17.5 Å². The fourth-order valence-electron chi connectivity index (χ4n) is 4.03. The van der Waals surface area contributed by atoms with Crippen molar-refractivity contribution in [2.75, 3.05) is 13.1 Å². The monoisotopic (exact) mass is 443 g/mol. The number of hydrogen-bond donors (Lipinski definition) is 1. The van der Waals surface area contributed by atoms with E-state index >= 15 is 0 Å². The van der Waals surface area contributed by atoms with Gasteiger partial charge < -0.3 is 14.3 Å². The molecule has 1 aliphatic rings. The second kappa shape index (κ2) is 9.60. The Morgan fingerprint density at radius 3 is 2.75 bits per heavy atom. The van der Waals surface area contributed by atoms with Gasteiger partial charge in [-0.05, 0) is 30.5 Å². The zero-order valence-electron chi connectivity index (χ0n) is 18.2. The van der Waals surface area contributed by atoms with Crippen LogP contribution in [0.25, 0.3) is 0 Å². The molecule has 3 heterocycles. The number of carbonyl (C=O) groups is 1. The molecule has 0 fully saturated rings. The topological polar surface area (TPSA) is 76.2 Å². The molecule has 1 unspecified atom stereocenters. The van der Waals surface area contributed by atoms with Crippen molar-refractivity contribution in [1.82, 2.24) is 25.0 Å². The fourth-order valence-corrected chi connectivity index (χ4v) is 4.03. The van der Waals surface area contributed by atoms with Crippen molar-refractivity contribution in [1.29, 1.82) is 0 Å². The molecular formula is C23H27F2N5O2. The van der Waals surface area contributed by atoms with Crippen LogP contribution in [-0.4, -0.2) is 38.7 Å². The van der Waals surface area contributed by atoms with Gasteiger partial charge in [0.15, 0.2) is 11.6 Å². The summed E-state index contributed by atoms with van der Waals surface area (Å²) in [6, 6.07) is 6.67. The number of amides is 1. The Hall–Kier alpha value is -3.07. The minimum atomic E-state index is -0.578. The lowest BCUT2D eigenvalue weighted by atomic mass is 10.0. The molecule has 1 atom stereocenters. The molecule has 2 aromatic heterocycles. The van der Waals surface area contributed by atoms with E-state index in [2.05, 4.69) is 38.8 Å². The van der Waals surface area contributed by atoms with Crippen molar-refractivity contribution < 1.29 is 18.0 Å². The molecule has 0 aliphatic carbocycles. The Labute approximate surface area is 185 Å². The smallest absolute Gasteiger partial charge is 0.287 e. The molecular weight excluding hydrogens is 416 g/mol. The van der Waals surface area contributed by atoms with E-state index in [0.29, 0.717) is 56.3 Å². The van der Waals surface area contributed by atoms with Crippen LogP contribution in [0.1, 0.15) is 54.1 Å². The van der Waals surface area contributed by atoms with E-state index in [1.54, 1.807) is 12.1 Å². The highest BCUT2D eigenvalue weighted by atomic mass is 19.1. The van der Waals surface area contributed by atoms with Gasteiger partial charge in [0.2, 0.25) is 0 Å². The zero-order valence-corrected chi connectivity index (χ0v) is 18.2. The van der Waals surface area contributed by atoms with Crippen LogP contribution in [0.4, 0.5) is 8.78 Å². The van der Waals surface area contributed by atoms with Crippen molar-refractivity contribution in [2.45, 2.75) is 45.8 Å². The van der Waals surface area contributed by atoms with Gasteiger partial charge in [-0.25, -0.2) is 8.78 Å². The summed E-state index contributed by atoms with van der Waals surface area (Å²) in [7, 11) is 0. The molecule has 3 aromatic rings. The molecule has 1 aromatic carbocycles. The molecule has 1 N–H and O–H groups in total. The molecule has 0 saturated carbocycles. The Bertz CT molecular complexity index is 1060. The van der Waals surface area contributed by atoms with Crippen LogP contribution in [0, 0.1) is 17.6 Å². The third kappa shape index (κ3) is 5.04. The summed E-state index contributed by atoms with van der Waals surface area (Å²) >= 11 is 0. The number of rotatable bonds is 7. The van der Waals surface area contributed by atoms with Gasteiger partial charge in [0.05, 0.1) is 12.3 Å². The lowest BCUT2D eigenvalue weighted by Crippen LogP contribution is -2.32. The van der Waals surface area contributed by atoms with Crippen LogP contribution >= 0.6 is 0 Å². The Morgan fingerprint density at radius 2 is 2.03 bits per heavy atom. The maximum atomic E-state index is 14.1. The standard InChI is InChI=1S/C23H27F2N5O2/c1-15(2)12-19(26-23(31)20-4-3-11-32-20)22-28-27-21-7-8-29(9-10-30(21)22)14-16-5-6-17(24)13-18(16)25/h3-6,11,13,15,19H,7-10,12,14H2,1-2H3,(H,26,31). The first-order chi connectivity index (χ1) is 15.4. The lowest BCUT2D eigenvalue weighted by molar-refractivity contribution is 0.0900. The predicted molar refractivity (Wildman–Crippen MR) is 114 cm³/mol. The highest BCUT2D eigenvalue weighted by molar-refractivity contribution is 5.91. The molecule has 9 heteroatoms. The van der Waals surface area contributed by atoms with E-state index in [1.165, 1.54) is 18.4 Å². The summed E-state index contributed by atoms with van der Waals surface area (Å²) in [5, 5.41) is 11.8. The van der Waals surface area contributed by atoms with E-state index < -0.39 is 11.6 Å². The second-order valence-electron chi connectivity index (χ2n) is 8.52. The van der Waals surface area contributed by atoms with Gasteiger partial charge >= 0.3 is 0 Å². The Kier molecular flexibility index (Phi) is 6.64. The number of carbonyl (C=O) groups excluding carboxylic acids is 1. The first kappa shape index (κ1) is 22.1. The summed E-state index contributed by atoms with van der Waals surface area (Å²) in [5.41, 5.74) is 0.465. The minimum Gasteiger partial charge on any atom is -0.459 e. The average Bonchev–Trinajstić information content (AvgIpc) is 3.37. The van der Waals surface area contributed by atoms with Crippen molar-refractivity contribution in [2.24, 2.45) is 5.92 Å². The zero-order chi connectivity index (χ0) is 22.7. The van der Waals surface area contributed by atoms with Crippen LogP contribution in [0.5, 0.6) is 0 Å². The molecule has 32 heavy (non-hydrogen) atoms. The van der Waals surface area contributed by atoms with E-state index in [4.69, 9.17) is 4.42 Å². The van der Waals surface area contributed by atoms with Crippen molar-refractivity contribution in [3.05, 3.63) is 71.2 Å². The Balaban J connectivity index is 1.49. The molecule has 0 spiro atoms. The molecule has 1 amide bonds. The number of hydrogen-bond acceptors (Lipinski definition) is 5. The minimum absolute atomic E-state index is 0.252. The number of nitrogens with zero attached hydrogens (tertiary/aromatic N) is 4. The quantitative estimate of drug-likeness (QED) is 0.602. The molecule has 170 valence electrons. The molecule has 1 aliphatic heterocycles. The van der Waals surface area contributed by atoms with Gasteiger partial charge in [-0.15, -0.1) is 10.2 Å². The Morgan fingerprint density at radius 1 is 1.19 bits per heavy atom. The predicted octanol–water partition coefficient (Wildman–Crippen LogP) is 3.72. The van der Waals surface area contributed by atoms with Crippen molar-refractivity contribution in [3.8, 4) is 0 Å². The molecule has 0 saturated heterocycles. The van der Waals surface area contributed by atoms with E-state index in [0.717, 1.165) is 11.9 Å². The van der Waals surface area contributed by atoms with Gasteiger partial charge in [0, 0.05) is 44.2 Å². The molecule has 4 rings (SSSR count). The highest BCUT2D eigenvalue weighted by Crippen LogP contribution is 2.23. The maximum Gasteiger partial charge on any atom is 0.287 e. The van der Waals surface area contributed by atoms with E-state index in [-0.39, 0.29) is 17.7 Å². The number of aromatic nitrogens is 3. The van der Waals surface area contributed by atoms with Crippen LogP contribution in [-0.2, 0) is 19.5 Å². The van der Waals surface area contributed by atoms with Gasteiger partial charge in [-0.3, -0.25) is 9.69 Å². The van der Waals surface area contributed by atoms with Crippen molar-refractivity contribution in [3.63, 3.8) is 0 Å². The second-order valence-corrected chi connectivity index (χ2v) is 8.52. The first-order valence-corrected chi connectivity index (χ1v) is 10.8. The normalized spacial score (nSPS) is 15.4. The van der Waals surface area contributed by atoms with Crippen LogP contribution in [0.15, 0.2) is 41.0 Å². The number of halogens is 2. The molecule has 7 nitrogen and oxygen atoms in total. The largest absolute Gasteiger partial charge is 0.459 e. The lowest BCUT2D eigenvalue weighted by Gasteiger charge is -2.22. The number of benzene rings is 1. The summed E-state index contributed by atoms with van der Waals surface area (Å²) in [6.45, 7) is 6.53. The fraction of sp³-hybridized carbons (Fsp3) is 0.435. The van der Waals surface area contributed by atoms with Crippen LogP contribution in [0.3, 0.4) is 0 Å². The maximum absolute atomic E-state index is 14.1. The first-order valence-electron chi connectivity index (χ1n) is 10.8. The summed E-state index contributed by atoms with van der Waals surface area (Å²) < 4.78 is 34.6. The third-order valence-corrected chi connectivity index (χ3v) is 5.63. The van der Waals surface area contributed by atoms with Crippen LogP contribution in [0.2, 0.25) is 0 Å². The van der Waals surface area contributed by atoms with Gasteiger partial charge in [-0.1, -0.05) is 19.9 Å².